The molecule has 4 nitrogen and oxygen atoms in total. The van der Waals surface area contributed by atoms with Gasteiger partial charge in [-0.25, -0.2) is 0 Å². The molecule has 0 bridgehead atoms. The van der Waals surface area contributed by atoms with Crippen LogP contribution in [0.5, 0.6) is 11.5 Å². The molecule has 0 heterocycles. The standard InChI is InChI=1S/C14H13F3N2O2/c1-20-13-8-9(6-7-10(13)18)19-11-4-2-3-5-12(11)21-14(15,16)17/h2-8,19H,18H2,1H3. The van der Waals surface area contributed by atoms with Crippen LogP contribution in [0.2, 0.25) is 0 Å². The molecule has 0 unspecified atom stereocenters. The van der Waals surface area contributed by atoms with Crippen molar-refractivity contribution in [2.24, 2.45) is 0 Å². The van der Waals surface area contributed by atoms with E-state index in [2.05, 4.69) is 10.1 Å². The molecule has 2 aromatic rings. The molecule has 0 fully saturated rings. The van der Waals surface area contributed by atoms with E-state index in [1.807, 2.05) is 0 Å². The number of nitrogens with one attached hydrogen (secondary N) is 1. The molecule has 0 saturated carbocycles. The summed E-state index contributed by atoms with van der Waals surface area (Å²) in [6.45, 7) is 0. The quantitative estimate of drug-likeness (QED) is 0.840. The first-order chi connectivity index (χ1) is 9.89. The van der Waals surface area contributed by atoms with Gasteiger partial charge in [0.15, 0.2) is 5.75 Å². The number of alkyl halides is 3. The summed E-state index contributed by atoms with van der Waals surface area (Å²) in [5, 5.41) is 2.84. The molecule has 0 saturated heterocycles. The number of para-hydroxylation sites is 2. The Morgan fingerprint density at radius 1 is 1.05 bits per heavy atom. The van der Waals surface area contributed by atoms with Gasteiger partial charge in [-0.3, -0.25) is 0 Å². The van der Waals surface area contributed by atoms with E-state index in [1.54, 1.807) is 24.3 Å². The molecule has 0 aliphatic carbocycles. The first-order valence-electron chi connectivity index (χ1n) is 5.94. The molecule has 112 valence electrons. The highest BCUT2D eigenvalue weighted by atomic mass is 19.4. The van der Waals surface area contributed by atoms with Gasteiger partial charge < -0.3 is 20.5 Å². The van der Waals surface area contributed by atoms with E-state index in [1.165, 1.54) is 25.3 Å². The fourth-order valence-electron chi connectivity index (χ4n) is 1.73. The van der Waals surface area contributed by atoms with Crippen molar-refractivity contribution in [3.63, 3.8) is 0 Å². The Hall–Kier alpha value is -2.57. The number of hydrogen-bond donors (Lipinski definition) is 2. The molecule has 2 rings (SSSR count). The summed E-state index contributed by atoms with van der Waals surface area (Å²) >= 11 is 0. The van der Waals surface area contributed by atoms with Crippen LogP contribution in [-0.2, 0) is 0 Å². The minimum Gasteiger partial charge on any atom is -0.495 e. The topological polar surface area (TPSA) is 56.5 Å². The van der Waals surface area contributed by atoms with Crippen molar-refractivity contribution in [3.8, 4) is 11.5 Å². The van der Waals surface area contributed by atoms with E-state index in [-0.39, 0.29) is 11.4 Å². The third kappa shape index (κ3) is 3.95. The van der Waals surface area contributed by atoms with Gasteiger partial charge in [0, 0.05) is 11.8 Å². The number of anilines is 3. The Balaban J connectivity index is 2.27. The first kappa shape index (κ1) is 14.8. The van der Waals surface area contributed by atoms with Gasteiger partial charge in [0.2, 0.25) is 0 Å². The van der Waals surface area contributed by atoms with Crippen molar-refractivity contribution in [1.29, 1.82) is 0 Å². The van der Waals surface area contributed by atoms with Crippen LogP contribution in [0.15, 0.2) is 42.5 Å². The van der Waals surface area contributed by atoms with Crippen molar-refractivity contribution in [2.45, 2.75) is 6.36 Å². The fraction of sp³-hybridized carbons (Fsp3) is 0.143. The number of benzene rings is 2. The van der Waals surface area contributed by atoms with Crippen molar-refractivity contribution in [3.05, 3.63) is 42.5 Å². The van der Waals surface area contributed by atoms with Crippen LogP contribution in [0.1, 0.15) is 0 Å². The minimum atomic E-state index is -4.75. The lowest BCUT2D eigenvalue weighted by Gasteiger charge is -2.15. The highest BCUT2D eigenvalue weighted by molar-refractivity contribution is 5.70. The summed E-state index contributed by atoms with van der Waals surface area (Å²) in [7, 11) is 1.45. The molecule has 0 aromatic heterocycles. The third-order valence-corrected chi connectivity index (χ3v) is 2.63. The van der Waals surface area contributed by atoms with Gasteiger partial charge in [-0.15, -0.1) is 13.2 Å². The van der Waals surface area contributed by atoms with Crippen LogP contribution in [0.3, 0.4) is 0 Å². The number of halogens is 3. The monoisotopic (exact) mass is 298 g/mol. The number of nitrogen functional groups attached to an aromatic ring is 1. The van der Waals surface area contributed by atoms with E-state index in [0.717, 1.165) is 0 Å². The van der Waals surface area contributed by atoms with Crippen LogP contribution in [0.4, 0.5) is 30.2 Å². The van der Waals surface area contributed by atoms with E-state index < -0.39 is 6.36 Å². The lowest BCUT2D eigenvalue weighted by atomic mass is 10.2. The summed E-state index contributed by atoms with van der Waals surface area (Å²) in [6, 6.07) is 10.6. The average molecular weight is 298 g/mol. The number of ether oxygens (including phenoxy) is 2. The number of rotatable bonds is 4. The normalized spacial score (nSPS) is 11.0. The molecular weight excluding hydrogens is 285 g/mol. The molecule has 0 aliphatic rings. The zero-order valence-electron chi connectivity index (χ0n) is 11.1. The molecule has 21 heavy (non-hydrogen) atoms. The SMILES string of the molecule is COc1cc(Nc2ccccc2OC(F)(F)F)ccc1N. The molecule has 2 aromatic carbocycles. The smallest absolute Gasteiger partial charge is 0.495 e. The lowest BCUT2D eigenvalue weighted by molar-refractivity contribution is -0.274. The van der Waals surface area contributed by atoms with Gasteiger partial charge in [-0.05, 0) is 24.3 Å². The van der Waals surface area contributed by atoms with Gasteiger partial charge in [0.05, 0.1) is 18.5 Å². The van der Waals surface area contributed by atoms with Gasteiger partial charge in [0.25, 0.3) is 0 Å². The summed E-state index contributed by atoms with van der Waals surface area (Å²) in [4.78, 5) is 0. The average Bonchev–Trinajstić information content (AvgIpc) is 2.41. The largest absolute Gasteiger partial charge is 0.573 e. The first-order valence-corrected chi connectivity index (χ1v) is 5.94. The van der Waals surface area contributed by atoms with Crippen molar-refractivity contribution in [2.75, 3.05) is 18.2 Å². The van der Waals surface area contributed by atoms with Crippen molar-refractivity contribution >= 4 is 17.1 Å². The maximum Gasteiger partial charge on any atom is 0.573 e. The van der Waals surface area contributed by atoms with Crippen LogP contribution in [0, 0.1) is 0 Å². The molecular formula is C14H13F3N2O2. The second kappa shape index (κ2) is 5.82. The van der Waals surface area contributed by atoms with Crippen molar-refractivity contribution in [1.82, 2.24) is 0 Å². The number of methoxy groups -OCH3 is 1. The Bertz CT molecular complexity index is 630. The maximum atomic E-state index is 12.3. The Labute approximate surface area is 119 Å². The zero-order valence-corrected chi connectivity index (χ0v) is 11.1. The maximum absolute atomic E-state index is 12.3. The van der Waals surface area contributed by atoms with E-state index in [0.29, 0.717) is 17.1 Å². The fourth-order valence-corrected chi connectivity index (χ4v) is 1.73. The molecule has 7 heteroatoms. The predicted octanol–water partition coefficient (Wildman–Crippen LogP) is 3.92. The van der Waals surface area contributed by atoms with Gasteiger partial charge in [-0.1, -0.05) is 12.1 Å². The van der Waals surface area contributed by atoms with Crippen molar-refractivity contribution < 1.29 is 22.6 Å². The van der Waals surface area contributed by atoms with E-state index in [9.17, 15) is 13.2 Å². The van der Waals surface area contributed by atoms with E-state index in [4.69, 9.17) is 10.5 Å². The second-order valence-corrected chi connectivity index (χ2v) is 4.13. The van der Waals surface area contributed by atoms with Crippen LogP contribution < -0.4 is 20.5 Å². The lowest BCUT2D eigenvalue weighted by Crippen LogP contribution is -2.17. The zero-order chi connectivity index (χ0) is 15.5. The summed E-state index contributed by atoms with van der Waals surface area (Å²) in [6.07, 6.45) is -4.75. The molecule has 3 N–H and O–H groups in total. The summed E-state index contributed by atoms with van der Waals surface area (Å²) < 4.78 is 46.1. The Kier molecular flexibility index (Phi) is 4.11. The Morgan fingerprint density at radius 3 is 2.43 bits per heavy atom. The summed E-state index contributed by atoms with van der Waals surface area (Å²) in [5.74, 6) is 0.106. The van der Waals surface area contributed by atoms with Crippen LogP contribution in [0.25, 0.3) is 0 Å². The second-order valence-electron chi connectivity index (χ2n) is 4.13. The predicted molar refractivity (Wildman–Crippen MR) is 73.8 cm³/mol. The van der Waals surface area contributed by atoms with Gasteiger partial charge in [-0.2, -0.15) is 0 Å². The third-order valence-electron chi connectivity index (χ3n) is 2.63. The van der Waals surface area contributed by atoms with Crippen LogP contribution in [-0.4, -0.2) is 13.5 Å². The molecule has 0 atom stereocenters. The highest BCUT2D eigenvalue weighted by Gasteiger charge is 2.32. The molecule has 0 radical (unpaired) electrons. The molecule has 0 aliphatic heterocycles. The Morgan fingerprint density at radius 2 is 1.76 bits per heavy atom. The number of hydrogen-bond acceptors (Lipinski definition) is 4. The minimum absolute atomic E-state index is 0.182. The highest BCUT2D eigenvalue weighted by Crippen LogP contribution is 2.33. The number of nitrogens with two attached hydrogens (primary N) is 1. The summed E-state index contributed by atoms with van der Waals surface area (Å²) in [5.41, 5.74) is 6.82. The molecule has 0 amide bonds. The molecule has 0 spiro atoms. The van der Waals surface area contributed by atoms with Gasteiger partial charge >= 0.3 is 6.36 Å². The van der Waals surface area contributed by atoms with E-state index >= 15 is 0 Å². The van der Waals surface area contributed by atoms with Crippen LogP contribution >= 0.6 is 0 Å². The van der Waals surface area contributed by atoms with Gasteiger partial charge in [0.1, 0.15) is 5.75 Å².